The summed E-state index contributed by atoms with van der Waals surface area (Å²) in [5, 5.41) is 0. The number of imidazole rings is 1. The molecule has 0 unspecified atom stereocenters. The van der Waals surface area contributed by atoms with Gasteiger partial charge in [-0.25, -0.2) is 4.79 Å². The lowest BCUT2D eigenvalue weighted by atomic mass is 10.0. The van der Waals surface area contributed by atoms with Crippen molar-refractivity contribution in [3.8, 4) is 28.2 Å². The minimum atomic E-state index is 0.0272. The molecule has 1 aromatic heterocycles. The van der Waals surface area contributed by atoms with Gasteiger partial charge in [-0.15, -0.1) is 0 Å². The average molecular weight is 411 g/mol. The Balaban J connectivity index is 1.92. The molecule has 0 saturated carbocycles. The summed E-state index contributed by atoms with van der Waals surface area (Å²) in [6.07, 6.45) is 5.84. The van der Waals surface area contributed by atoms with Crippen molar-refractivity contribution in [2.24, 2.45) is 0 Å². The van der Waals surface area contributed by atoms with Crippen LogP contribution in [0.2, 0.25) is 0 Å². The molecule has 31 heavy (non-hydrogen) atoms. The van der Waals surface area contributed by atoms with Gasteiger partial charge in [-0.05, 0) is 18.6 Å². The normalized spacial score (nSPS) is 11.0. The van der Waals surface area contributed by atoms with Crippen molar-refractivity contribution in [1.82, 2.24) is 9.13 Å². The van der Waals surface area contributed by atoms with Gasteiger partial charge in [-0.1, -0.05) is 111 Å². The lowest BCUT2D eigenvalue weighted by molar-refractivity contribution is 0.559. The highest BCUT2D eigenvalue weighted by molar-refractivity contribution is 5.80. The van der Waals surface area contributed by atoms with Crippen LogP contribution in [0, 0.1) is 0 Å². The molecule has 3 aromatic carbocycles. The van der Waals surface area contributed by atoms with E-state index in [9.17, 15) is 4.79 Å². The Labute approximate surface area is 184 Å². The fraction of sp³-hybridized carbons (Fsp3) is 0.250. The highest BCUT2D eigenvalue weighted by atomic mass is 16.1. The maximum atomic E-state index is 13.8. The predicted molar refractivity (Wildman–Crippen MR) is 130 cm³/mol. The van der Waals surface area contributed by atoms with Crippen LogP contribution in [0.1, 0.15) is 39.0 Å². The van der Waals surface area contributed by atoms with Crippen LogP contribution in [-0.2, 0) is 6.54 Å². The van der Waals surface area contributed by atoms with Gasteiger partial charge in [0.15, 0.2) is 0 Å². The first-order chi connectivity index (χ1) is 15.3. The Kier molecular flexibility index (Phi) is 6.83. The number of benzene rings is 3. The van der Waals surface area contributed by atoms with Gasteiger partial charge >= 0.3 is 5.69 Å². The van der Waals surface area contributed by atoms with Gasteiger partial charge in [0.25, 0.3) is 0 Å². The van der Waals surface area contributed by atoms with Crippen LogP contribution >= 0.6 is 0 Å². The van der Waals surface area contributed by atoms with E-state index in [4.69, 9.17) is 0 Å². The third-order valence-corrected chi connectivity index (χ3v) is 5.73. The van der Waals surface area contributed by atoms with E-state index >= 15 is 0 Å². The summed E-state index contributed by atoms with van der Waals surface area (Å²) in [6, 6.07) is 30.5. The zero-order valence-electron chi connectivity index (χ0n) is 18.2. The number of nitrogens with zero attached hydrogens (tertiary/aromatic N) is 2. The van der Waals surface area contributed by atoms with E-state index < -0.39 is 0 Å². The van der Waals surface area contributed by atoms with Crippen LogP contribution in [0.5, 0.6) is 0 Å². The van der Waals surface area contributed by atoms with E-state index in [0.717, 1.165) is 47.6 Å². The van der Waals surface area contributed by atoms with Crippen molar-refractivity contribution >= 4 is 0 Å². The van der Waals surface area contributed by atoms with Crippen LogP contribution in [0.15, 0.2) is 95.8 Å². The summed E-state index contributed by atoms with van der Waals surface area (Å²) >= 11 is 0. The quantitative estimate of drug-likeness (QED) is 0.274. The molecule has 0 aliphatic rings. The van der Waals surface area contributed by atoms with Crippen molar-refractivity contribution in [3.05, 3.63) is 101 Å². The van der Waals surface area contributed by atoms with Crippen LogP contribution in [-0.4, -0.2) is 9.13 Å². The molecule has 0 spiro atoms. The molecule has 3 heteroatoms. The molecular weight excluding hydrogens is 380 g/mol. The van der Waals surface area contributed by atoms with Crippen LogP contribution in [0.3, 0.4) is 0 Å². The third kappa shape index (κ3) is 4.56. The highest BCUT2D eigenvalue weighted by Crippen LogP contribution is 2.33. The number of aromatic nitrogens is 2. The standard InChI is InChI=1S/C28H30N2O/c1-2-3-4-5-15-22-29-26(23-16-9-6-10-17-23)27(24-18-11-7-12-19-24)30(28(29)31)25-20-13-8-14-21-25/h6-14,16-21H,2-5,15,22H2,1H3. The van der Waals surface area contributed by atoms with E-state index in [1.54, 1.807) is 0 Å². The number of unbranched alkanes of at least 4 members (excludes halogenated alkanes) is 4. The molecule has 0 bridgehead atoms. The maximum Gasteiger partial charge on any atom is 0.333 e. The van der Waals surface area contributed by atoms with Gasteiger partial charge in [-0.3, -0.25) is 9.13 Å². The molecule has 4 rings (SSSR count). The van der Waals surface area contributed by atoms with Crippen molar-refractivity contribution in [2.45, 2.75) is 45.6 Å². The molecule has 4 aromatic rings. The van der Waals surface area contributed by atoms with Gasteiger partial charge in [0.2, 0.25) is 0 Å². The molecule has 0 aliphatic heterocycles. The minimum Gasteiger partial charge on any atom is -0.291 e. The summed E-state index contributed by atoms with van der Waals surface area (Å²) in [4.78, 5) is 13.8. The van der Waals surface area contributed by atoms with E-state index in [0.29, 0.717) is 0 Å². The van der Waals surface area contributed by atoms with Gasteiger partial charge in [-0.2, -0.15) is 0 Å². The molecule has 0 N–H and O–H groups in total. The summed E-state index contributed by atoms with van der Waals surface area (Å²) < 4.78 is 3.86. The first-order valence-electron chi connectivity index (χ1n) is 11.3. The van der Waals surface area contributed by atoms with Crippen molar-refractivity contribution < 1.29 is 0 Å². The number of rotatable bonds is 9. The average Bonchev–Trinajstić information content (AvgIpc) is 3.12. The third-order valence-electron chi connectivity index (χ3n) is 5.73. The minimum absolute atomic E-state index is 0.0272. The highest BCUT2D eigenvalue weighted by Gasteiger charge is 2.23. The van der Waals surface area contributed by atoms with Crippen molar-refractivity contribution in [1.29, 1.82) is 0 Å². The first kappa shape index (κ1) is 20.9. The maximum absolute atomic E-state index is 13.8. The van der Waals surface area contributed by atoms with E-state index in [1.165, 1.54) is 19.3 Å². The monoisotopic (exact) mass is 410 g/mol. The second-order valence-corrected chi connectivity index (χ2v) is 7.95. The van der Waals surface area contributed by atoms with Crippen LogP contribution in [0.4, 0.5) is 0 Å². The largest absolute Gasteiger partial charge is 0.333 e. The van der Waals surface area contributed by atoms with E-state index in [2.05, 4.69) is 31.2 Å². The second kappa shape index (κ2) is 10.1. The molecule has 158 valence electrons. The fourth-order valence-corrected chi connectivity index (χ4v) is 4.19. The predicted octanol–water partition coefficient (Wildman–Crippen LogP) is 6.94. The Morgan fingerprint density at radius 1 is 0.613 bits per heavy atom. The fourth-order valence-electron chi connectivity index (χ4n) is 4.19. The molecule has 0 amide bonds. The zero-order chi connectivity index (χ0) is 21.5. The first-order valence-corrected chi connectivity index (χ1v) is 11.3. The lowest BCUT2D eigenvalue weighted by Crippen LogP contribution is -2.24. The van der Waals surface area contributed by atoms with E-state index in [1.807, 2.05) is 75.9 Å². The summed E-state index contributed by atoms with van der Waals surface area (Å²) in [5.41, 5.74) is 4.99. The molecule has 0 aliphatic carbocycles. The second-order valence-electron chi connectivity index (χ2n) is 7.95. The molecule has 3 nitrogen and oxygen atoms in total. The number of hydrogen-bond donors (Lipinski definition) is 0. The molecule has 0 fully saturated rings. The molecular formula is C28H30N2O. The Morgan fingerprint density at radius 2 is 1.13 bits per heavy atom. The molecule has 0 atom stereocenters. The molecule has 0 saturated heterocycles. The van der Waals surface area contributed by atoms with Crippen molar-refractivity contribution in [2.75, 3.05) is 0 Å². The van der Waals surface area contributed by atoms with Gasteiger partial charge in [0.1, 0.15) is 0 Å². The molecule has 1 heterocycles. The smallest absolute Gasteiger partial charge is 0.291 e. The Bertz CT molecular complexity index is 1140. The van der Waals surface area contributed by atoms with Crippen molar-refractivity contribution in [3.63, 3.8) is 0 Å². The number of hydrogen-bond acceptors (Lipinski definition) is 1. The zero-order valence-corrected chi connectivity index (χ0v) is 18.2. The SMILES string of the molecule is CCCCCCCn1c(-c2ccccc2)c(-c2ccccc2)n(-c2ccccc2)c1=O. The topological polar surface area (TPSA) is 26.9 Å². The van der Waals surface area contributed by atoms with Gasteiger partial charge in [0.05, 0.1) is 17.1 Å². The Morgan fingerprint density at radius 3 is 1.71 bits per heavy atom. The van der Waals surface area contributed by atoms with Crippen LogP contribution in [0.25, 0.3) is 28.2 Å². The molecule has 0 radical (unpaired) electrons. The van der Waals surface area contributed by atoms with Crippen LogP contribution < -0.4 is 5.69 Å². The van der Waals surface area contributed by atoms with E-state index in [-0.39, 0.29) is 5.69 Å². The van der Waals surface area contributed by atoms with Gasteiger partial charge < -0.3 is 0 Å². The summed E-state index contributed by atoms with van der Waals surface area (Å²) in [6.45, 7) is 2.95. The Hall–Kier alpha value is -3.33. The van der Waals surface area contributed by atoms with Gasteiger partial charge in [0, 0.05) is 17.7 Å². The summed E-state index contributed by atoms with van der Waals surface area (Å²) in [7, 11) is 0. The number of para-hydroxylation sites is 1. The lowest BCUT2D eigenvalue weighted by Gasteiger charge is -2.12. The summed E-state index contributed by atoms with van der Waals surface area (Å²) in [5.74, 6) is 0.